The number of thiol groups is 1. The molecule has 0 fully saturated rings. The average molecular weight is 212 g/mol. The lowest BCUT2D eigenvalue weighted by atomic mass is 10.1. The molecule has 1 aromatic carbocycles. The molecule has 0 unspecified atom stereocenters. The zero-order valence-corrected chi connectivity index (χ0v) is 8.16. The number of fused-ring (bicyclic) bond motifs is 1. The van der Waals surface area contributed by atoms with E-state index in [1.54, 1.807) is 5.38 Å². The van der Waals surface area contributed by atoms with Crippen LogP contribution in [0.15, 0.2) is 22.4 Å². The average Bonchev–Trinajstić information content (AvgIpc) is 2.51. The Balaban J connectivity index is 2.96. The number of halogens is 1. The van der Waals surface area contributed by atoms with E-state index in [1.807, 2.05) is 0 Å². The first-order chi connectivity index (χ1) is 6.24. The van der Waals surface area contributed by atoms with Gasteiger partial charge in [0.1, 0.15) is 5.82 Å². The second kappa shape index (κ2) is 3.12. The van der Waals surface area contributed by atoms with Crippen molar-refractivity contribution in [3.63, 3.8) is 0 Å². The smallest absolute Gasteiger partial charge is 0.150 e. The van der Waals surface area contributed by atoms with Crippen molar-refractivity contribution in [2.24, 2.45) is 0 Å². The van der Waals surface area contributed by atoms with E-state index in [0.717, 1.165) is 0 Å². The number of hydrogen-bond donors (Lipinski definition) is 1. The Bertz CT molecular complexity index is 476. The van der Waals surface area contributed by atoms with E-state index >= 15 is 0 Å². The minimum atomic E-state index is -0.300. The van der Waals surface area contributed by atoms with Crippen molar-refractivity contribution in [3.05, 3.63) is 28.9 Å². The predicted octanol–water partition coefficient (Wildman–Crippen LogP) is 3.14. The van der Waals surface area contributed by atoms with Crippen molar-refractivity contribution >= 4 is 40.3 Å². The summed E-state index contributed by atoms with van der Waals surface area (Å²) in [6, 6.07) is 2.77. The molecule has 0 spiro atoms. The summed E-state index contributed by atoms with van der Waals surface area (Å²) in [7, 11) is 0. The molecule has 0 atom stereocenters. The van der Waals surface area contributed by atoms with Gasteiger partial charge in [-0.3, -0.25) is 4.79 Å². The lowest BCUT2D eigenvalue weighted by Crippen LogP contribution is -1.83. The molecule has 1 aromatic heterocycles. The predicted molar refractivity (Wildman–Crippen MR) is 54.4 cm³/mol. The molecular formula is C9H5FOS2. The minimum absolute atomic E-state index is 0.300. The molecule has 0 aliphatic carbocycles. The van der Waals surface area contributed by atoms with Gasteiger partial charge < -0.3 is 0 Å². The standard InChI is InChI=1S/C9H5FOS2/c10-6-2-1-5(3-11)8-7(12)4-13-9(6)8/h1-4,12H. The molecule has 0 N–H and O–H groups in total. The quantitative estimate of drug-likeness (QED) is 0.567. The summed E-state index contributed by atoms with van der Waals surface area (Å²) in [5.41, 5.74) is 0.489. The van der Waals surface area contributed by atoms with Crippen LogP contribution in [0.5, 0.6) is 0 Å². The van der Waals surface area contributed by atoms with Crippen LogP contribution >= 0.6 is 24.0 Å². The monoisotopic (exact) mass is 212 g/mol. The second-order valence-electron chi connectivity index (χ2n) is 2.58. The molecule has 0 aliphatic rings. The van der Waals surface area contributed by atoms with Crippen LogP contribution < -0.4 is 0 Å². The molecule has 0 aliphatic heterocycles. The first kappa shape index (κ1) is 8.72. The molecule has 13 heavy (non-hydrogen) atoms. The highest BCUT2D eigenvalue weighted by atomic mass is 32.1. The van der Waals surface area contributed by atoms with Gasteiger partial charge in [0, 0.05) is 21.2 Å². The Morgan fingerprint density at radius 1 is 1.46 bits per heavy atom. The maximum absolute atomic E-state index is 13.2. The third-order valence-electron chi connectivity index (χ3n) is 1.81. The molecule has 1 heterocycles. The van der Waals surface area contributed by atoms with Crippen molar-refractivity contribution in [2.45, 2.75) is 4.90 Å². The Labute approximate surface area is 83.6 Å². The molecule has 0 radical (unpaired) electrons. The summed E-state index contributed by atoms with van der Waals surface area (Å²) < 4.78 is 13.7. The zero-order valence-electron chi connectivity index (χ0n) is 6.45. The van der Waals surface area contributed by atoms with E-state index < -0.39 is 0 Å². The van der Waals surface area contributed by atoms with Crippen LogP contribution in [0.25, 0.3) is 10.1 Å². The van der Waals surface area contributed by atoms with Gasteiger partial charge in [-0.15, -0.1) is 24.0 Å². The van der Waals surface area contributed by atoms with Crippen molar-refractivity contribution in [1.82, 2.24) is 0 Å². The van der Waals surface area contributed by atoms with Crippen molar-refractivity contribution in [3.8, 4) is 0 Å². The maximum atomic E-state index is 13.2. The molecule has 4 heteroatoms. The molecular weight excluding hydrogens is 207 g/mol. The number of aldehydes is 1. The summed E-state index contributed by atoms with van der Waals surface area (Å²) in [6.45, 7) is 0. The Hall–Kier alpha value is -0.870. The van der Waals surface area contributed by atoms with Crippen molar-refractivity contribution < 1.29 is 9.18 Å². The van der Waals surface area contributed by atoms with Gasteiger partial charge in [-0.2, -0.15) is 0 Å². The van der Waals surface area contributed by atoms with Crippen LogP contribution in [0.2, 0.25) is 0 Å². The zero-order chi connectivity index (χ0) is 9.42. The summed E-state index contributed by atoms with van der Waals surface area (Å²) >= 11 is 5.42. The molecule has 0 amide bonds. The fourth-order valence-electron chi connectivity index (χ4n) is 1.22. The molecule has 66 valence electrons. The third kappa shape index (κ3) is 1.26. The van der Waals surface area contributed by atoms with E-state index in [2.05, 4.69) is 12.6 Å². The highest BCUT2D eigenvalue weighted by molar-refractivity contribution is 7.80. The van der Waals surface area contributed by atoms with Crippen LogP contribution in [0.4, 0.5) is 4.39 Å². The second-order valence-corrected chi connectivity index (χ2v) is 3.94. The number of hydrogen-bond acceptors (Lipinski definition) is 3. The Morgan fingerprint density at radius 2 is 2.23 bits per heavy atom. The first-order valence-corrected chi connectivity index (χ1v) is 4.90. The maximum Gasteiger partial charge on any atom is 0.150 e. The van der Waals surface area contributed by atoms with Crippen LogP contribution in [0.3, 0.4) is 0 Å². The van der Waals surface area contributed by atoms with Gasteiger partial charge in [0.25, 0.3) is 0 Å². The molecule has 2 aromatic rings. The van der Waals surface area contributed by atoms with Crippen molar-refractivity contribution in [1.29, 1.82) is 0 Å². The van der Waals surface area contributed by atoms with Crippen LogP contribution in [-0.4, -0.2) is 6.29 Å². The molecule has 1 nitrogen and oxygen atoms in total. The van der Waals surface area contributed by atoms with Gasteiger partial charge in [-0.05, 0) is 12.1 Å². The van der Waals surface area contributed by atoms with E-state index in [0.29, 0.717) is 26.8 Å². The lowest BCUT2D eigenvalue weighted by Gasteiger charge is -1.96. The van der Waals surface area contributed by atoms with Crippen LogP contribution in [0, 0.1) is 5.82 Å². The van der Waals surface area contributed by atoms with Gasteiger partial charge in [-0.1, -0.05) is 0 Å². The molecule has 0 saturated carbocycles. The molecule has 0 bridgehead atoms. The van der Waals surface area contributed by atoms with Gasteiger partial charge >= 0.3 is 0 Å². The number of carbonyl (C=O) groups is 1. The lowest BCUT2D eigenvalue weighted by molar-refractivity contribution is 0.112. The van der Waals surface area contributed by atoms with Crippen molar-refractivity contribution in [2.75, 3.05) is 0 Å². The number of thiophene rings is 1. The Morgan fingerprint density at radius 3 is 2.92 bits per heavy atom. The van der Waals surface area contributed by atoms with E-state index in [4.69, 9.17) is 0 Å². The number of carbonyl (C=O) groups excluding carboxylic acids is 1. The van der Waals surface area contributed by atoms with Gasteiger partial charge in [0.2, 0.25) is 0 Å². The number of benzene rings is 1. The SMILES string of the molecule is O=Cc1ccc(F)c2scc(S)c12. The van der Waals surface area contributed by atoms with Gasteiger partial charge in [0.05, 0.1) is 4.70 Å². The highest BCUT2D eigenvalue weighted by Gasteiger charge is 2.09. The molecule has 0 saturated heterocycles. The minimum Gasteiger partial charge on any atom is -0.298 e. The largest absolute Gasteiger partial charge is 0.298 e. The van der Waals surface area contributed by atoms with E-state index in [9.17, 15) is 9.18 Å². The summed E-state index contributed by atoms with van der Waals surface area (Å²) in [5, 5.41) is 2.34. The number of rotatable bonds is 1. The topological polar surface area (TPSA) is 17.1 Å². The third-order valence-corrected chi connectivity index (χ3v) is 3.33. The van der Waals surface area contributed by atoms with E-state index in [-0.39, 0.29) is 5.82 Å². The van der Waals surface area contributed by atoms with Gasteiger partial charge in [-0.25, -0.2) is 4.39 Å². The van der Waals surface area contributed by atoms with Gasteiger partial charge in [0.15, 0.2) is 6.29 Å². The molecule has 2 rings (SSSR count). The fourth-order valence-corrected chi connectivity index (χ4v) is 2.57. The fraction of sp³-hybridized carbons (Fsp3) is 0. The summed E-state index contributed by atoms with van der Waals surface area (Å²) in [6.07, 6.45) is 0.716. The Kier molecular flexibility index (Phi) is 2.09. The van der Waals surface area contributed by atoms with E-state index in [1.165, 1.54) is 23.5 Å². The highest BCUT2D eigenvalue weighted by Crippen LogP contribution is 2.32. The summed E-state index contributed by atoms with van der Waals surface area (Å²) in [5.74, 6) is -0.300. The normalized spacial score (nSPS) is 10.6. The van der Waals surface area contributed by atoms with Crippen LogP contribution in [0.1, 0.15) is 10.4 Å². The van der Waals surface area contributed by atoms with Crippen LogP contribution in [-0.2, 0) is 0 Å². The summed E-state index contributed by atoms with van der Waals surface area (Å²) in [4.78, 5) is 11.3. The first-order valence-electron chi connectivity index (χ1n) is 3.58.